The predicted octanol–water partition coefficient (Wildman–Crippen LogP) is 2.37. The molecular formula is C19H26N2O3. The summed E-state index contributed by atoms with van der Waals surface area (Å²) in [6.45, 7) is 6.07. The van der Waals surface area contributed by atoms with E-state index in [0.29, 0.717) is 6.61 Å². The molecule has 3 rings (SSSR count). The van der Waals surface area contributed by atoms with Crippen molar-refractivity contribution in [3.05, 3.63) is 29.3 Å². The second kappa shape index (κ2) is 7.26. The number of hydrogen-bond acceptors (Lipinski definition) is 4. The van der Waals surface area contributed by atoms with Crippen molar-refractivity contribution in [2.45, 2.75) is 45.3 Å². The maximum atomic E-state index is 12.4. The molecular weight excluding hydrogens is 304 g/mol. The third-order valence-electron chi connectivity index (χ3n) is 4.59. The van der Waals surface area contributed by atoms with E-state index in [1.54, 1.807) is 6.08 Å². The number of ether oxygens (including phenoxy) is 2. The van der Waals surface area contributed by atoms with Crippen molar-refractivity contribution in [3.8, 4) is 11.5 Å². The zero-order chi connectivity index (χ0) is 17.1. The van der Waals surface area contributed by atoms with Gasteiger partial charge in [0.1, 0.15) is 17.6 Å². The number of nitrogens with two attached hydrogens (primary N) is 1. The number of hydrogen-bond donors (Lipinski definition) is 1. The number of carbonyl (C=O) groups excluding carboxylic acids is 1. The first kappa shape index (κ1) is 16.8. The number of piperidine rings is 1. The van der Waals surface area contributed by atoms with Crippen molar-refractivity contribution >= 4 is 12.0 Å². The van der Waals surface area contributed by atoms with Gasteiger partial charge in [-0.15, -0.1) is 0 Å². The third kappa shape index (κ3) is 3.73. The van der Waals surface area contributed by atoms with Gasteiger partial charge in [0.15, 0.2) is 0 Å². The first-order valence-electron chi connectivity index (χ1n) is 8.75. The SMILES string of the molecule is CCOc1cc2c(cc1C=CC(=O)N1CCC(N)CC1)OC(C)C2. The quantitative estimate of drug-likeness (QED) is 0.861. The van der Waals surface area contributed by atoms with Gasteiger partial charge in [0.2, 0.25) is 5.91 Å². The number of fused-ring (bicyclic) bond motifs is 1. The summed E-state index contributed by atoms with van der Waals surface area (Å²) in [5, 5.41) is 0. The fourth-order valence-corrected chi connectivity index (χ4v) is 3.25. The number of carbonyl (C=O) groups is 1. The van der Waals surface area contributed by atoms with Gasteiger partial charge in [-0.3, -0.25) is 4.79 Å². The molecule has 1 aromatic rings. The molecule has 2 aliphatic heterocycles. The normalized spacial score (nSPS) is 21.0. The number of amides is 1. The minimum absolute atomic E-state index is 0.0270. The van der Waals surface area contributed by atoms with E-state index in [1.807, 2.05) is 30.0 Å². The summed E-state index contributed by atoms with van der Waals surface area (Å²) in [5.41, 5.74) is 7.94. The molecule has 0 radical (unpaired) electrons. The van der Waals surface area contributed by atoms with Gasteiger partial charge >= 0.3 is 0 Å². The highest BCUT2D eigenvalue weighted by Crippen LogP contribution is 2.35. The smallest absolute Gasteiger partial charge is 0.246 e. The largest absolute Gasteiger partial charge is 0.493 e. The van der Waals surface area contributed by atoms with Crippen LogP contribution in [0.3, 0.4) is 0 Å². The molecule has 2 heterocycles. The number of benzene rings is 1. The summed E-state index contributed by atoms with van der Waals surface area (Å²) in [4.78, 5) is 14.2. The van der Waals surface area contributed by atoms with Crippen LogP contribution >= 0.6 is 0 Å². The molecule has 2 aliphatic rings. The molecule has 0 saturated carbocycles. The van der Waals surface area contributed by atoms with Crippen molar-refractivity contribution in [2.24, 2.45) is 5.73 Å². The number of likely N-dealkylation sites (tertiary alicyclic amines) is 1. The number of rotatable bonds is 4. The van der Waals surface area contributed by atoms with E-state index in [4.69, 9.17) is 15.2 Å². The molecule has 1 unspecified atom stereocenters. The Kier molecular flexibility index (Phi) is 5.09. The Balaban J connectivity index is 1.76. The van der Waals surface area contributed by atoms with Gasteiger partial charge in [-0.05, 0) is 44.9 Å². The molecule has 0 aromatic heterocycles. The van der Waals surface area contributed by atoms with Crippen LogP contribution in [0.2, 0.25) is 0 Å². The minimum atomic E-state index is 0.0270. The van der Waals surface area contributed by atoms with Crippen LogP contribution in [0.4, 0.5) is 0 Å². The summed E-state index contributed by atoms with van der Waals surface area (Å²) in [6.07, 6.45) is 6.27. The molecule has 1 saturated heterocycles. The lowest BCUT2D eigenvalue weighted by atomic mass is 10.0. The van der Waals surface area contributed by atoms with Crippen molar-refractivity contribution < 1.29 is 14.3 Å². The lowest BCUT2D eigenvalue weighted by Crippen LogP contribution is -2.42. The van der Waals surface area contributed by atoms with Crippen LogP contribution in [-0.2, 0) is 11.2 Å². The van der Waals surface area contributed by atoms with E-state index in [2.05, 4.69) is 6.92 Å². The van der Waals surface area contributed by atoms with Crippen molar-refractivity contribution in [3.63, 3.8) is 0 Å². The molecule has 130 valence electrons. The van der Waals surface area contributed by atoms with Gasteiger partial charge in [0, 0.05) is 42.8 Å². The summed E-state index contributed by atoms with van der Waals surface area (Å²) in [5.74, 6) is 1.72. The van der Waals surface area contributed by atoms with Crippen LogP contribution in [0.5, 0.6) is 11.5 Å². The lowest BCUT2D eigenvalue weighted by molar-refractivity contribution is -0.126. The molecule has 5 heteroatoms. The molecule has 2 N–H and O–H groups in total. The Morgan fingerprint density at radius 2 is 2.17 bits per heavy atom. The van der Waals surface area contributed by atoms with Gasteiger partial charge < -0.3 is 20.1 Å². The fraction of sp³-hybridized carbons (Fsp3) is 0.526. The third-order valence-corrected chi connectivity index (χ3v) is 4.59. The molecule has 0 bridgehead atoms. The zero-order valence-electron chi connectivity index (χ0n) is 14.5. The zero-order valence-corrected chi connectivity index (χ0v) is 14.5. The average molecular weight is 330 g/mol. The van der Waals surface area contributed by atoms with Crippen LogP contribution in [0.25, 0.3) is 6.08 Å². The van der Waals surface area contributed by atoms with Crippen LogP contribution in [-0.4, -0.2) is 42.6 Å². The van der Waals surface area contributed by atoms with E-state index in [0.717, 1.165) is 49.4 Å². The second-order valence-corrected chi connectivity index (χ2v) is 6.56. The Bertz CT molecular complexity index is 634. The average Bonchev–Trinajstić information content (AvgIpc) is 2.92. The Morgan fingerprint density at radius 1 is 1.42 bits per heavy atom. The van der Waals surface area contributed by atoms with Crippen LogP contribution in [0.15, 0.2) is 18.2 Å². The molecule has 5 nitrogen and oxygen atoms in total. The fourth-order valence-electron chi connectivity index (χ4n) is 3.25. The van der Waals surface area contributed by atoms with E-state index in [-0.39, 0.29) is 18.1 Å². The predicted molar refractivity (Wildman–Crippen MR) is 94.2 cm³/mol. The van der Waals surface area contributed by atoms with Crippen LogP contribution in [0, 0.1) is 0 Å². The molecule has 1 atom stereocenters. The highest BCUT2D eigenvalue weighted by molar-refractivity contribution is 5.92. The van der Waals surface area contributed by atoms with Gasteiger partial charge in [0.25, 0.3) is 0 Å². The Labute approximate surface area is 143 Å². The van der Waals surface area contributed by atoms with Gasteiger partial charge in [-0.25, -0.2) is 0 Å². The molecule has 1 fully saturated rings. The van der Waals surface area contributed by atoms with Crippen molar-refractivity contribution in [2.75, 3.05) is 19.7 Å². The summed E-state index contributed by atoms with van der Waals surface area (Å²) < 4.78 is 11.6. The van der Waals surface area contributed by atoms with E-state index >= 15 is 0 Å². The highest BCUT2D eigenvalue weighted by Gasteiger charge is 2.22. The number of nitrogens with zero attached hydrogens (tertiary/aromatic N) is 1. The lowest BCUT2D eigenvalue weighted by Gasteiger charge is -2.29. The monoisotopic (exact) mass is 330 g/mol. The van der Waals surface area contributed by atoms with E-state index in [1.165, 1.54) is 5.56 Å². The van der Waals surface area contributed by atoms with Crippen LogP contribution < -0.4 is 15.2 Å². The summed E-state index contributed by atoms with van der Waals surface area (Å²) >= 11 is 0. The minimum Gasteiger partial charge on any atom is -0.493 e. The van der Waals surface area contributed by atoms with Gasteiger partial charge in [0.05, 0.1) is 6.61 Å². The molecule has 1 aromatic carbocycles. The molecule has 0 spiro atoms. The first-order valence-corrected chi connectivity index (χ1v) is 8.75. The van der Waals surface area contributed by atoms with Gasteiger partial charge in [-0.2, -0.15) is 0 Å². The summed E-state index contributed by atoms with van der Waals surface area (Å²) in [6, 6.07) is 4.23. The standard InChI is InChI=1S/C19H26N2O3/c1-3-23-17-12-15-10-13(2)24-18(15)11-14(17)4-5-19(22)21-8-6-16(20)7-9-21/h4-5,11-13,16H,3,6-10,20H2,1-2H3. The van der Waals surface area contributed by atoms with Crippen molar-refractivity contribution in [1.29, 1.82) is 0 Å². The van der Waals surface area contributed by atoms with E-state index < -0.39 is 0 Å². The maximum Gasteiger partial charge on any atom is 0.246 e. The molecule has 0 aliphatic carbocycles. The Hall–Kier alpha value is -2.01. The van der Waals surface area contributed by atoms with Crippen molar-refractivity contribution in [1.82, 2.24) is 4.90 Å². The topological polar surface area (TPSA) is 64.8 Å². The Morgan fingerprint density at radius 3 is 2.88 bits per heavy atom. The van der Waals surface area contributed by atoms with Crippen LogP contribution in [0.1, 0.15) is 37.8 Å². The molecule has 1 amide bonds. The van der Waals surface area contributed by atoms with Gasteiger partial charge in [-0.1, -0.05) is 0 Å². The highest BCUT2D eigenvalue weighted by atomic mass is 16.5. The summed E-state index contributed by atoms with van der Waals surface area (Å²) in [7, 11) is 0. The first-order chi connectivity index (χ1) is 11.6. The van der Waals surface area contributed by atoms with E-state index in [9.17, 15) is 4.79 Å². The molecule has 24 heavy (non-hydrogen) atoms. The maximum absolute atomic E-state index is 12.4. The second-order valence-electron chi connectivity index (χ2n) is 6.56.